The summed E-state index contributed by atoms with van der Waals surface area (Å²) in [6.07, 6.45) is 5.56. The topological polar surface area (TPSA) is 81.4 Å². The highest BCUT2D eigenvalue weighted by atomic mass is 16.5. The van der Waals surface area contributed by atoms with E-state index in [0.29, 0.717) is 17.9 Å². The first-order chi connectivity index (χ1) is 16.0. The van der Waals surface area contributed by atoms with Crippen LogP contribution >= 0.6 is 0 Å². The number of para-hydroxylation sites is 1. The molecule has 0 spiro atoms. The number of amides is 1. The number of aryl methyl sites for hydroxylation is 2. The van der Waals surface area contributed by atoms with E-state index in [2.05, 4.69) is 22.5 Å². The molecule has 0 saturated carbocycles. The third-order valence-corrected chi connectivity index (χ3v) is 5.30. The molecule has 4 aromatic rings. The fourth-order valence-corrected chi connectivity index (χ4v) is 3.53. The second-order valence-corrected chi connectivity index (χ2v) is 7.84. The van der Waals surface area contributed by atoms with Crippen LogP contribution in [0.1, 0.15) is 41.4 Å². The van der Waals surface area contributed by atoms with E-state index in [4.69, 9.17) is 9.72 Å². The zero-order valence-electron chi connectivity index (χ0n) is 19.1. The number of rotatable bonds is 8. The molecule has 2 aromatic carbocycles. The lowest BCUT2D eigenvalue weighted by molar-refractivity contribution is 0.0956. The number of pyridine rings is 1. The van der Waals surface area contributed by atoms with Gasteiger partial charge < -0.3 is 4.74 Å². The number of nitrogens with zero attached hydrogens (tertiary/aromatic N) is 4. The Hall–Kier alpha value is -4.00. The third kappa shape index (κ3) is 5.26. The molecule has 0 bridgehead atoms. The Labute approximate surface area is 193 Å². The van der Waals surface area contributed by atoms with Crippen LogP contribution in [0, 0.1) is 6.92 Å². The predicted octanol–water partition coefficient (Wildman–Crippen LogP) is 4.89. The first kappa shape index (κ1) is 22.2. The molecule has 0 aliphatic carbocycles. The number of unbranched alkanes of at least 4 members (excludes halogenated alkanes) is 1. The largest absolute Gasteiger partial charge is 0.494 e. The number of nitrogens with one attached hydrogen (secondary N) is 1. The fourth-order valence-electron chi connectivity index (χ4n) is 3.53. The molecule has 33 heavy (non-hydrogen) atoms. The summed E-state index contributed by atoms with van der Waals surface area (Å²) in [5, 5.41) is 9.18. The van der Waals surface area contributed by atoms with E-state index in [1.807, 2.05) is 68.7 Å². The second-order valence-electron chi connectivity index (χ2n) is 7.84. The lowest BCUT2D eigenvalue weighted by atomic mass is 10.0. The molecule has 168 valence electrons. The Kier molecular flexibility index (Phi) is 6.78. The van der Waals surface area contributed by atoms with Crippen molar-refractivity contribution in [1.82, 2.24) is 20.2 Å². The van der Waals surface area contributed by atoms with E-state index in [0.717, 1.165) is 46.3 Å². The lowest BCUT2D eigenvalue weighted by Crippen LogP contribution is -2.18. The Bertz CT molecular complexity index is 1290. The number of hydrazone groups is 1. The van der Waals surface area contributed by atoms with Gasteiger partial charge >= 0.3 is 0 Å². The number of carbonyl (C=O) groups excluding carboxylic acids is 1. The van der Waals surface area contributed by atoms with Gasteiger partial charge in [0.15, 0.2) is 0 Å². The van der Waals surface area contributed by atoms with Gasteiger partial charge in [-0.15, -0.1) is 0 Å². The summed E-state index contributed by atoms with van der Waals surface area (Å²) in [4.78, 5) is 17.8. The molecule has 7 nitrogen and oxygen atoms in total. The maximum atomic E-state index is 13.0. The van der Waals surface area contributed by atoms with Gasteiger partial charge in [0.1, 0.15) is 5.75 Å². The molecule has 0 atom stereocenters. The smallest absolute Gasteiger partial charge is 0.272 e. The van der Waals surface area contributed by atoms with Crippen LogP contribution in [-0.4, -0.2) is 33.5 Å². The first-order valence-corrected chi connectivity index (χ1v) is 11.0. The predicted molar refractivity (Wildman–Crippen MR) is 131 cm³/mol. The summed E-state index contributed by atoms with van der Waals surface area (Å²) in [5.41, 5.74) is 7.21. The van der Waals surface area contributed by atoms with Crippen LogP contribution in [0.5, 0.6) is 5.75 Å². The average molecular weight is 442 g/mol. The number of fused-ring (bicyclic) bond motifs is 1. The van der Waals surface area contributed by atoms with Crippen molar-refractivity contribution in [2.24, 2.45) is 12.1 Å². The van der Waals surface area contributed by atoms with Crippen LogP contribution in [-0.2, 0) is 7.05 Å². The van der Waals surface area contributed by atoms with Crippen molar-refractivity contribution >= 4 is 23.0 Å². The molecule has 0 saturated heterocycles. The molecule has 0 aliphatic rings. The number of carbonyl (C=O) groups is 1. The number of hydrogen-bond acceptors (Lipinski definition) is 5. The summed E-state index contributed by atoms with van der Waals surface area (Å²) in [6.45, 7) is 4.73. The third-order valence-electron chi connectivity index (χ3n) is 5.30. The van der Waals surface area contributed by atoms with Crippen LogP contribution < -0.4 is 10.2 Å². The summed E-state index contributed by atoms with van der Waals surface area (Å²) in [6, 6.07) is 17.2. The zero-order chi connectivity index (χ0) is 23.2. The summed E-state index contributed by atoms with van der Waals surface area (Å²) in [5.74, 6) is 0.526. The molecule has 0 unspecified atom stereocenters. The zero-order valence-corrected chi connectivity index (χ0v) is 19.1. The highest BCUT2D eigenvalue weighted by Gasteiger charge is 2.14. The molecule has 2 aromatic heterocycles. The molecule has 0 aliphatic heterocycles. The minimum Gasteiger partial charge on any atom is -0.494 e. The van der Waals surface area contributed by atoms with Crippen molar-refractivity contribution in [3.05, 3.63) is 77.6 Å². The summed E-state index contributed by atoms with van der Waals surface area (Å²) < 4.78 is 7.46. The highest BCUT2D eigenvalue weighted by molar-refractivity contribution is 6.07. The minimum absolute atomic E-state index is 0.299. The fraction of sp³-hybridized carbons (Fsp3) is 0.231. The standard InChI is InChI=1S/C26H27N5O2/c1-4-5-14-33-21-12-10-19(11-13-21)25-15-23(22-8-6-7-9-24(22)28-25)26(32)29-27-16-20-17-31(3)30-18(20)2/h6-13,15-17H,4-5,14H2,1-3H3,(H,29,32)/b27-16+. The quantitative estimate of drug-likeness (QED) is 0.240. The highest BCUT2D eigenvalue weighted by Crippen LogP contribution is 2.26. The molecular formula is C26H27N5O2. The van der Waals surface area contributed by atoms with Crippen LogP contribution in [0.15, 0.2) is 65.9 Å². The van der Waals surface area contributed by atoms with Gasteiger partial charge in [0, 0.05) is 29.8 Å². The SMILES string of the molecule is CCCCOc1ccc(-c2cc(C(=O)N/N=C/c3cn(C)nc3C)c3ccccc3n2)cc1. The summed E-state index contributed by atoms with van der Waals surface area (Å²) in [7, 11) is 1.84. The molecule has 1 amide bonds. The Balaban J connectivity index is 1.60. The van der Waals surface area contributed by atoms with E-state index < -0.39 is 0 Å². The van der Waals surface area contributed by atoms with Gasteiger partial charge in [-0.05, 0) is 49.7 Å². The second kappa shape index (κ2) is 10.1. The van der Waals surface area contributed by atoms with Gasteiger partial charge in [-0.2, -0.15) is 10.2 Å². The van der Waals surface area contributed by atoms with E-state index in [1.165, 1.54) is 0 Å². The van der Waals surface area contributed by atoms with Gasteiger partial charge in [0.2, 0.25) is 0 Å². The average Bonchev–Trinajstić information content (AvgIpc) is 3.15. The Morgan fingerprint density at radius 1 is 1.18 bits per heavy atom. The lowest BCUT2D eigenvalue weighted by Gasteiger charge is -2.10. The van der Waals surface area contributed by atoms with Gasteiger partial charge in [0.25, 0.3) is 5.91 Å². The summed E-state index contributed by atoms with van der Waals surface area (Å²) >= 11 is 0. The monoisotopic (exact) mass is 441 g/mol. The van der Waals surface area contributed by atoms with E-state index in [1.54, 1.807) is 17.0 Å². The van der Waals surface area contributed by atoms with Gasteiger partial charge in [0.05, 0.1) is 35.3 Å². The van der Waals surface area contributed by atoms with Gasteiger partial charge in [-0.25, -0.2) is 10.4 Å². The number of ether oxygens (including phenoxy) is 1. The van der Waals surface area contributed by atoms with Gasteiger partial charge in [-0.3, -0.25) is 9.48 Å². The first-order valence-electron chi connectivity index (χ1n) is 11.0. The van der Waals surface area contributed by atoms with Crippen molar-refractivity contribution in [2.75, 3.05) is 6.61 Å². The minimum atomic E-state index is -0.299. The van der Waals surface area contributed by atoms with Crippen molar-refractivity contribution in [3.8, 4) is 17.0 Å². The van der Waals surface area contributed by atoms with E-state index >= 15 is 0 Å². The molecular weight excluding hydrogens is 414 g/mol. The van der Waals surface area contributed by atoms with Crippen LogP contribution in [0.25, 0.3) is 22.2 Å². The number of benzene rings is 2. The molecule has 0 fully saturated rings. The molecule has 4 rings (SSSR count). The Morgan fingerprint density at radius 2 is 1.97 bits per heavy atom. The van der Waals surface area contributed by atoms with Crippen LogP contribution in [0.3, 0.4) is 0 Å². The van der Waals surface area contributed by atoms with Crippen LogP contribution in [0.4, 0.5) is 0 Å². The number of hydrogen-bond donors (Lipinski definition) is 1. The van der Waals surface area contributed by atoms with Crippen molar-refractivity contribution in [3.63, 3.8) is 0 Å². The Morgan fingerprint density at radius 3 is 2.70 bits per heavy atom. The maximum absolute atomic E-state index is 13.0. The molecule has 2 heterocycles. The maximum Gasteiger partial charge on any atom is 0.272 e. The van der Waals surface area contributed by atoms with Crippen molar-refractivity contribution < 1.29 is 9.53 Å². The van der Waals surface area contributed by atoms with Crippen molar-refractivity contribution in [1.29, 1.82) is 0 Å². The van der Waals surface area contributed by atoms with E-state index in [-0.39, 0.29) is 5.91 Å². The normalized spacial score (nSPS) is 11.2. The molecule has 1 N–H and O–H groups in total. The molecule has 7 heteroatoms. The van der Waals surface area contributed by atoms with Crippen molar-refractivity contribution in [2.45, 2.75) is 26.7 Å². The van der Waals surface area contributed by atoms with Gasteiger partial charge in [-0.1, -0.05) is 31.5 Å². The molecule has 0 radical (unpaired) electrons. The number of aromatic nitrogens is 3. The van der Waals surface area contributed by atoms with E-state index in [9.17, 15) is 4.79 Å². The van der Waals surface area contributed by atoms with Crippen LogP contribution in [0.2, 0.25) is 0 Å².